The molecule has 1 unspecified atom stereocenters. The first kappa shape index (κ1) is 32.8. The van der Waals surface area contributed by atoms with Gasteiger partial charge in [-0.25, -0.2) is 4.98 Å². The molecule has 14 nitrogen and oxygen atoms in total. The average molecular weight is 681 g/mol. The van der Waals surface area contributed by atoms with Crippen molar-refractivity contribution >= 4 is 40.2 Å². The van der Waals surface area contributed by atoms with Gasteiger partial charge in [0.1, 0.15) is 35.2 Å². The Labute approximate surface area is 287 Å². The van der Waals surface area contributed by atoms with E-state index in [1.807, 2.05) is 43.4 Å². The fourth-order valence-corrected chi connectivity index (χ4v) is 6.79. The first-order valence-electron chi connectivity index (χ1n) is 16.1. The minimum atomic E-state index is -1.03. The van der Waals surface area contributed by atoms with E-state index < -0.39 is 29.7 Å². The van der Waals surface area contributed by atoms with Crippen LogP contribution in [0.2, 0.25) is 0 Å². The normalized spacial score (nSPS) is 17.9. The van der Waals surface area contributed by atoms with Crippen LogP contribution in [0, 0.1) is 0 Å². The quantitative estimate of drug-likeness (QED) is 0.259. The molecule has 2 fully saturated rings. The molecule has 0 spiro atoms. The number of anilines is 1. The largest absolute Gasteiger partial charge is 0.496 e. The Kier molecular flexibility index (Phi) is 8.26. The third kappa shape index (κ3) is 5.60. The third-order valence-electron chi connectivity index (χ3n) is 9.45. The Balaban J connectivity index is 1.07. The SMILES string of the molecule is COc1cc(-c2cn(C)c(=O)c3cnc(N(C)C)cc23)cc(OC)c1CN1CC(Oc2ccc3c(c2)C(=O)N(C2CCC(=O)NC2=O)C3=O)C1. The number of nitrogens with one attached hydrogen (secondary N) is 1. The maximum absolute atomic E-state index is 13.2. The van der Waals surface area contributed by atoms with Gasteiger partial charge in [-0.15, -0.1) is 0 Å². The lowest BCUT2D eigenvalue weighted by Gasteiger charge is -2.39. The van der Waals surface area contributed by atoms with Crippen LogP contribution in [0.5, 0.6) is 17.2 Å². The summed E-state index contributed by atoms with van der Waals surface area (Å²) in [4.78, 5) is 72.6. The van der Waals surface area contributed by atoms with Crippen LogP contribution < -0.4 is 30.0 Å². The molecule has 0 radical (unpaired) electrons. The van der Waals surface area contributed by atoms with Gasteiger partial charge in [0.05, 0.1) is 36.3 Å². The van der Waals surface area contributed by atoms with E-state index in [0.29, 0.717) is 42.3 Å². The van der Waals surface area contributed by atoms with Crippen LogP contribution in [-0.2, 0) is 23.2 Å². The van der Waals surface area contributed by atoms with Gasteiger partial charge in [-0.05, 0) is 48.4 Å². The van der Waals surface area contributed by atoms with Gasteiger partial charge in [0.15, 0.2) is 0 Å². The Morgan fingerprint density at radius 3 is 2.26 bits per heavy atom. The monoisotopic (exact) mass is 680 g/mol. The summed E-state index contributed by atoms with van der Waals surface area (Å²) in [6.45, 7) is 1.70. The van der Waals surface area contributed by atoms with Crippen LogP contribution in [0.1, 0.15) is 39.1 Å². The predicted molar refractivity (Wildman–Crippen MR) is 183 cm³/mol. The molecule has 2 aromatic heterocycles. The van der Waals surface area contributed by atoms with Crippen LogP contribution in [0.4, 0.5) is 5.82 Å². The topological polar surface area (TPSA) is 153 Å². The van der Waals surface area contributed by atoms with Gasteiger partial charge in [0, 0.05) is 70.5 Å². The minimum Gasteiger partial charge on any atom is -0.496 e. The van der Waals surface area contributed by atoms with E-state index in [1.165, 1.54) is 12.1 Å². The van der Waals surface area contributed by atoms with E-state index in [1.54, 1.807) is 38.1 Å². The van der Waals surface area contributed by atoms with E-state index in [2.05, 4.69) is 15.2 Å². The highest BCUT2D eigenvalue weighted by Gasteiger charge is 2.45. The summed E-state index contributed by atoms with van der Waals surface area (Å²) in [5.74, 6) is 0.223. The summed E-state index contributed by atoms with van der Waals surface area (Å²) in [5, 5.41) is 3.48. The summed E-state index contributed by atoms with van der Waals surface area (Å²) in [6.07, 6.45) is 3.40. The number of methoxy groups -OCH3 is 2. The van der Waals surface area contributed by atoms with Gasteiger partial charge in [-0.1, -0.05) is 0 Å². The smallest absolute Gasteiger partial charge is 0.262 e. The molecule has 14 heteroatoms. The first-order chi connectivity index (χ1) is 24.0. The molecule has 4 aromatic rings. The second kappa shape index (κ2) is 12.6. The summed E-state index contributed by atoms with van der Waals surface area (Å²) in [6, 6.07) is 9.49. The molecule has 2 aromatic carbocycles. The molecule has 4 amide bonds. The number of carbonyl (C=O) groups excluding carboxylic acids is 4. The number of imide groups is 2. The van der Waals surface area contributed by atoms with Gasteiger partial charge in [-0.2, -0.15) is 0 Å². The van der Waals surface area contributed by atoms with Crippen molar-refractivity contribution in [1.29, 1.82) is 0 Å². The van der Waals surface area contributed by atoms with Gasteiger partial charge < -0.3 is 23.7 Å². The molecule has 0 aliphatic carbocycles. The highest BCUT2D eigenvalue weighted by molar-refractivity contribution is 6.23. The van der Waals surface area contributed by atoms with Crippen molar-refractivity contribution in [2.75, 3.05) is 46.3 Å². The van der Waals surface area contributed by atoms with E-state index in [9.17, 15) is 24.0 Å². The lowest BCUT2D eigenvalue weighted by molar-refractivity contribution is -0.136. The summed E-state index contributed by atoms with van der Waals surface area (Å²) in [7, 11) is 8.73. The summed E-state index contributed by atoms with van der Waals surface area (Å²) >= 11 is 0. The zero-order valence-corrected chi connectivity index (χ0v) is 28.3. The Bertz CT molecular complexity index is 2130. The number of hydrogen-bond acceptors (Lipinski definition) is 11. The number of rotatable bonds is 9. The second-order valence-corrected chi connectivity index (χ2v) is 12.9. The van der Waals surface area contributed by atoms with Crippen LogP contribution in [0.3, 0.4) is 0 Å². The zero-order valence-electron chi connectivity index (χ0n) is 28.3. The first-order valence-corrected chi connectivity index (χ1v) is 16.1. The molecular formula is C36H36N6O8. The van der Waals surface area contributed by atoms with Crippen molar-refractivity contribution < 1.29 is 33.4 Å². The Hall–Kier alpha value is -5.76. The van der Waals surface area contributed by atoms with Crippen LogP contribution in [0.25, 0.3) is 21.9 Å². The van der Waals surface area contributed by atoms with Crippen LogP contribution in [0.15, 0.2) is 53.6 Å². The zero-order chi connectivity index (χ0) is 35.4. The van der Waals surface area contributed by atoms with Crippen LogP contribution in [-0.4, -0.2) is 96.5 Å². The van der Waals surface area contributed by atoms with E-state index in [0.717, 1.165) is 32.8 Å². The molecule has 0 bridgehead atoms. The van der Waals surface area contributed by atoms with Crippen molar-refractivity contribution in [3.63, 3.8) is 0 Å². The number of amides is 4. The van der Waals surface area contributed by atoms with E-state index in [-0.39, 0.29) is 35.6 Å². The summed E-state index contributed by atoms with van der Waals surface area (Å²) in [5.41, 5.74) is 2.75. The maximum Gasteiger partial charge on any atom is 0.262 e. The number of fused-ring (bicyclic) bond motifs is 2. The molecule has 1 atom stereocenters. The van der Waals surface area contributed by atoms with Crippen molar-refractivity contribution in [2.45, 2.75) is 31.5 Å². The van der Waals surface area contributed by atoms with Crippen molar-refractivity contribution in [2.24, 2.45) is 7.05 Å². The maximum atomic E-state index is 13.2. The van der Waals surface area contributed by atoms with Crippen molar-refractivity contribution in [3.05, 3.63) is 75.8 Å². The number of likely N-dealkylation sites (tertiary alicyclic amines) is 1. The standard InChI is InChI=1S/C36H36N6O8/c1-39(2)31-13-23-25(14-37-31)34(45)40(3)17-26(23)19-10-29(48-4)27(30(11-19)49-5)18-41-15-21(16-41)50-20-6-7-22-24(12-20)36(47)42(35(22)46)28-8-9-32(43)38-33(28)44/h6-7,10-14,17,21,28H,8-9,15-16,18H2,1-5H3,(H,38,43,44). The number of pyridine rings is 2. The summed E-state index contributed by atoms with van der Waals surface area (Å²) < 4.78 is 19.4. The molecular weight excluding hydrogens is 644 g/mol. The highest BCUT2D eigenvalue weighted by Crippen LogP contribution is 2.39. The lowest BCUT2D eigenvalue weighted by Crippen LogP contribution is -2.54. The Morgan fingerprint density at radius 1 is 0.900 bits per heavy atom. The van der Waals surface area contributed by atoms with Gasteiger partial charge in [0.2, 0.25) is 11.8 Å². The predicted octanol–water partition coefficient (Wildman–Crippen LogP) is 2.35. The number of aromatic nitrogens is 2. The number of nitrogens with zero attached hydrogens (tertiary/aromatic N) is 5. The van der Waals surface area contributed by atoms with E-state index >= 15 is 0 Å². The van der Waals surface area contributed by atoms with Gasteiger partial charge >= 0.3 is 0 Å². The van der Waals surface area contributed by atoms with Crippen molar-refractivity contribution in [3.8, 4) is 28.4 Å². The number of aryl methyl sites for hydroxylation is 1. The van der Waals surface area contributed by atoms with Gasteiger partial charge in [0.25, 0.3) is 17.4 Å². The molecule has 3 aliphatic heterocycles. The molecule has 7 rings (SSSR count). The molecule has 1 N–H and O–H groups in total. The fraction of sp³-hybridized carbons (Fsp3) is 0.333. The molecule has 258 valence electrons. The second-order valence-electron chi connectivity index (χ2n) is 12.9. The highest BCUT2D eigenvalue weighted by atomic mass is 16.5. The van der Waals surface area contributed by atoms with Gasteiger partial charge in [-0.3, -0.25) is 39.1 Å². The number of piperidine rings is 1. The van der Waals surface area contributed by atoms with Crippen molar-refractivity contribution in [1.82, 2.24) is 24.7 Å². The number of carbonyl (C=O) groups is 4. The lowest BCUT2D eigenvalue weighted by atomic mass is 9.98. The third-order valence-corrected chi connectivity index (χ3v) is 9.45. The molecule has 0 saturated carbocycles. The minimum absolute atomic E-state index is 0.0559. The molecule has 3 aliphatic rings. The average Bonchev–Trinajstić information content (AvgIpc) is 3.33. The van der Waals surface area contributed by atoms with E-state index in [4.69, 9.17) is 14.2 Å². The molecule has 5 heterocycles. The Morgan fingerprint density at radius 2 is 1.60 bits per heavy atom. The molecule has 50 heavy (non-hydrogen) atoms. The van der Waals surface area contributed by atoms with Crippen LogP contribution >= 0.6 is 0 Å². The molecule has 2 saturated heterocycles. The fourth-order valence-electron chi connectivity index (χ4n) is 6.79. The number of hydrogen-bond donors (Lipinski definition) is 1. The number of ether oxygens (including phenoxy) is 3. The number of benzene rings is 2.